The number of pyridine rings is 1. The van der Waals surface area contributed by atoms with E-state index in [1.54, 1.807) is 0 Å². The second-order valence-corrected chi connectivity index (χ2v) is 14.0. The van der Waals surface area contributed by atoms with E-state index >= 15 is 0 Å². The normalized spacial score (nSPS) is 15.6. The molecule has 1 heterocycles. The van der Waals surface area contributed by atoms with Crippen LogP contribution < -0.4 is 5.32 Å². The third-order valence-corrected chi connectivity index (χ3v) is 10.4. The number of hydrogen-bond donors (Lipinski definition) is 1. The lowest BCUT2D eigenvalue weighted by molar-refractivity contribution is 0.205. The number of hydrogen-bond acceptors (Lipinski definition) is 3. The Hall–Kier alpha value is -1.75. The lowest BCUT2D eigenvalue weighted by atomic mass is 9.90. The fourth-order valence-electron chi connectivity index (χ4n) is 3.01. The predicted octanol–water partition coefficient (Wildman–Crippen LogP) is 6.23. The summed E-state index contributed by atoms with van der Waals surface area (Å²) in [5.74, 6) is 0. The largest absolute Gasteiger partial charge is 0.415 e. The van der Waals surface area contributed by atoms with Gasteiger partial charge in [0.15, 0.2) is 8.32 Å². The maximum Gasteiger partial charge on any atom is 0.192 e. The van der Waals surface area contributed by atoms with Gasteiger partial charge in [0.1, 0.15) is 0 Å². The van der Waals surface area contributed by atoms with Gasteiger partial charge in [-0.25, -0.2) is 0 Å². The summed E-state index contributed by atoms with van der Waals surface area (Å²) in [6, 6.07) is 16.7. The molecule has 28 heavy (non-hydrogen) atoms. The van der Waals surface area contributed by atoms with Gasteiger partial charge in [-0.15, -0.1) is 6.58 Å². The standard InChI is InChI=1S/C24H36N2OSi/c1-8-17-24(5,22-16-12-13-18-25-22)26-21(20-14-10-9-11-15-20)19-27-28(6,7)23(2,3)4/h8-16,18,21,26H,1,17,19H2,2-7H3/t21-,24+/m1/s1. The molecule has 0 aliphatic rings. The lowest BCUT2D eigenvalue weighted by Crippen LogP contribution is -2.47. The van der Waals surface area contributed by atoms with Crippen molar-refractivity contribution in [2.75, 3.05) is 6.61 Å². The molecule has 0 unspecified atom stereocenters. The summed E-state index contributed by atoms with van der Waals surface area (Å²) in [5.41, 5.74) is 1.93. The van der Waals surface area contributed by atoms with Crippen molar-refractivity contribution in [2.45, 2.75) is 63.8 Å². The second kappa shape index (κ2) is 9.16. The average Bonchev–Trinajstić information content (AvgIpc) is 2.66. The van der Waals surface area contributed by atoms with Gasteiger partial charge in [0, 0.05) is 6.20 Å². The number of rotatable bonds is 9. The van der Waals surface area contributed by atoms with Gasteiger partial charge < -0.3 is 4.43 Å². The number of aromatic nitrogens is 1. The number of nitrogens with zero attached hydrogens (tertiary/aromatic N) is 1. The molecular formula is C24H36N2OSi. The Labute approximate surface area is 172 Å². The van der Waals surface area contributed by atoms with Crippen LogP contribution in [0.25, 0.3) is 0 Å². The molecule has 0 bridgehead atoms. The van der Waals surface area contributed by atoms with E-state index in [1.165, 1.54) is 5.56 Å². The van der Waals surface area contributed by atoms with Gasteiger partial charge in [0.2, 0.25) is 0 Å². The fraction of sp³-hybridized carbons (Fsp3) is 0.458. The van der Waals surface area contributed by atoms with Crippen molar-refractivity contribution in [1.82, 2.24) is 10.3 Å². The summed E-state index contributed by atoms with van der Waals surface area (Å²) in [6.45, 7) is 18.2. The first-order valence-corrected chi connectivity index (χ1v) is 13.0. The molecule has 0 saturated carbocycles. The molecule has 2 atom stereocenters. The van der Waals surface area contributed by atoms with Crippen LogP contribution in [0.15, 0.2) is 67.4 Å². The Morgan fingerprint density at radius 1 is 1.07 bits per heavy atom. The fourth-order valence-corrected chi connectivity index (χ4v) is 4.03. The van der Waals surface area contributed by atoms with Gasteiger partial charge in [-0.1, -0.05) is 63.2 Å². The highest BCUT2D eigenvalue weighted by Crippen LogP contribution is 2.37. The van der Waals surface area contributed by atoms with Crippen LogP contribution in [0.5, 0.6) is 0 Å². The van der Waals surface area contributed by atoms with Crippen molar-refractivity contribution in [3.63, 3.8) is 0 Å². The summed E-state index contributed by atoms with van der Waals surface area (Å²) in [6.07, 6.45) is 4.59. The molecular weight excluding hydrogens is 360 g/mol. The van der Waals surface area contributed by atoms with Crippen molar-refractivity contribution < 1.29 is 4.43 Å². The lowest BCUT2D eigenvalue weighted by Gasteiger charge is -2.39. The minimum absolute atomic E-state index is 0.0716. The molecule has 0 spiro atoms. The molecule has 0 radical (unpaired) electrons. The minimum Gasteiger partial charge on any atom is -0.415 e. The Bertz CT molecular complexity index is 740. The van der Waals surface area contributed by atoms with Crippen LogP contribution in [0, 0.1) is 0 Å². The molecule has 0 fully saturated rings. The van der Waals surface area contributed by atoms with E-state index in [9.17, 15) is 0 Å². The Morgan fingerprint density at radius 2 is 1.71 bits per heavy atom. The van der Waals surface area contributed by atoms with Crippen LogP contribution in [0.1, 0.15) is 51.4 Å². The monoisotopic (exact) mass is 396 g/mol. The van der Waals surface area contributed by atoms with Crippen LogP contribution in [0.4, 0.5) is 0 Å². The third-order valence-electron chi connectivity index (χ3n) is 5.89. The Morgan fingerprint density at radius 3 is 2.25 bits per heavy atom. The Balaban J connectivity index is 2.32. The molecule has 2 aromatic rings. The second-order valence-electron chi connectivity index (χ2n) is 9.22. The van der Waals surface area contributed by atoms with Crippen molar-refractivity contribution >= 4 is 8.32 Å². The van der Waals surface area contributed by atoms with E-state index in [-0.39, 0.29) is 16.6 Å². The van der Waals surface area contributed by atoms with E-state index in [4.69, 9.17) is 4.43 Å². The van der Waals surface area contributed by atoms with Crippen LogP contribution in [0.3, 0.4) is 0 Å². The molecule has 4 heteroatoms. The van der Waals surface area contributed by atoms with Gasteiger partial charge in [0.05, 0.1) is 23.9 Å². The molecule has 0 amide bonds. The summed E-state index contributed by atoms with van der Waals surface area (Å²) in [7, 11) is -1.85. The Kier molecular flexibility index (Phi) is 7.37. The van der Waals surface area contributed by atoms with Crippen molar-refractivity contribution in [2.24, 2.45) is 0 Å². The van der Waals surface area contributed by atoms with E-state index in [0.29, 0.717) is 6.61 Å². The summed E-state index contributed by atoms with van der Waals surface area (Å²) >= 11 is 0. The molecule has 1 aromatic carbocycles. The van der Waals surface area contributed by atoms with Gasteiger partial charge in [-0.05, 0) is 49.2 Å². The SMILES string of the molecule is C=CC[C@](C)(N[C@H](CO[Si](C)(C)C(C)(C)C)c1ccccc1)c1ccccn1. The van der Waals surface area contributed by atoms with Crippen molar-refractivity contribution in [3.8, 4) is 0 Å². The maximum absolute atomic E-state index is 6.60. The van der Waals surface area contributed by atoms with E-state index in [2.05, 4.69) is 94.1 Å². The zero-order valence-electron chi connectivity index (χ0n) is 18.3. The van der Waals surface area contributed by atoms with E-state index in [1.807, 2.05) is 24.4 Å². The zero-order valence-corrected chi connectivity index (χ0v) is 19.3. The van der Waals surface area contributed by atoms with Crippen molar-refractivity contribution in [1.29, 1.82) is 0 Å². The van der Waals surface area contributed by atoms with Gasteiger partial charge in [-0.2, -0.15) is 0 Å². The molecule has 0 saturated heterocycles. The van der Waals surface area contributed by atoms with Crippen LogP contribution in [0.2, 0.25) is 18.1 Å². The highest BCUT2D eigenvalue weighted by Gasteiger charge is 2.38. The molecule has 1 N–H and O–H groups in total. The topological polar surface area (TPSA) is 34.1 Å². The first-order chi connectivity index (χ1) is 13.1. The molecule has 3 nitrogen and oxygen atoms in total. The minimum atomic E-state index is -1.85. The zero-order chi connectivity index (χ0) is 20.8. The van der Waals surface area contributed by atoms with Gasteiger partial charge >= 0.3 is 0 Å². The molecule has 0 aliphatic carbocycles. The number of benzene rings is 1. The average molecular weight is 397 g/mol. The highest BCUT2D eigenvalue weighted by molar-refractivity contribution is 6.74. The summed E-state index contributed by atoms with van der Waals surface area (Å²) in [5, 5.41) is 4.03. The van der Waals surface area contributed by atoms with Gasteiger partial charge in [-0.3, -0.25) is 10.3 Å². The molecule has 152 valence electrons. The van der Waals surface area contributed by atoms with Gasteiger partial charge in [0.25, 0.3) is 0 Å². The molecule has 2 rings (SSSR count). The first-order valence-electron chi connectivity index (χ1n) is 10.1. The highest BCUT2D eigenvalue weighted by atomic mass is 28.4. The first kappa shape index (κ1) is 22.5. The smallest absolute Gasteiger partial charge is 0.192 e. The van der Waals surface area contributed by atoms with E-state index in [0.717, 1.165) is 12.1 Å². The summed E-state index contributed by atoms with van der Waals surface area (Å²) in [4.78, 5) is 4.62. The van der Waals surface area contributed by atoms with Crippen LogP contribution in [-0.2, 0) is 9.96 Å². The summed E-state index contributed by atoms with van der Waals surface area (Å²) < 4.78 is 6.60. The van der Waals surface area contributed by atoms with Crippen LogP contribution >= 0.6 is 0 Å². The third kappa shape index (κ3) is 5.63. The maximum atomic E-state index is 6.60. The predicted molar refractivity (Wildman–Crippen MR) is 122 cm³/mol. The molecule has 0 aliphatic heterocycles. The van der Waals surface area contributed by atoms with E-state index < -0.39 is 8.32 Å². The van der Waals surface area contributed by atoms with Crippen molar-refractivity contribution in [3.05, 3.63) is 78.6 Å². The quantitative estimate of drug-likeness (QED) is 0.403. The van der Waals surface area contributed by atoms with Crippen LogP contribution in [-0.4, -0.2) is 19.9 Å². The molecule has 1 aromatic heterocycles. The number of nitrogens with one attached hydrogen (secondary N) is 1.